The molecule has 6 heteroatoms. The third-order valence-corrected chi connectivity index (χ3v) is 4.13. The van der Waals surface area contributed by atoms with E-state index in [4.69, 9.17) is 4.74 Å². The van der Waals surface area contributed by atoms with Gasteiger partial charge in [-0.15, -0.1) is 0 Å². The zero-order valence-corrected chi connectivity index (χ0v) is 14.3. The number of hydrogen-bond acceptors (Lipinski definition) is 3. The predicted octanol–water partition coefficient (Wildman–Crippen LogP) is 3.76. The second kappa shape index (κ2) is 7.13. The average molecular weight is 392 g/mol. The molecule has 3 rings (SSSR count). The van der Waals surface area contributed by atoms with Crippen LogP contribution in [0.1, 0.15) is 34.9 Å². The van der Waals surface area contributed by atoms with Crippen LogP contribution in [0.15, 0.2) is 53.0 Å². The molecule has 1 aliphatic rings. The van der Waals surface area contributed by atoms with Crippen LogP contribution in [0.3, 0.4) is 0 Å². The lowest BCUT2D eigenvalue weighted by atomic mass is 10.1. The average Bonchev–Trinajstić information content (AvgIpc) is 3.39. The number of halogens is 2. The van der Waals surface area contributed by atoms with E-state index in [0.29, 0.717) is 10.0 Å². The third-order valence-electron chi connectivity index (χ3n) is 3.64. The van der Waals surface area contributed by atoms with Gasteiger partial charge in [-0.25, -0.2) is 9.18 Å². The van der Waals surface area contributed by atoms with Gasteiger partial charge in [-0.3, -0.25) is 4.79 Å². The zero-order chi connectivity index (χ0) is 17.1. The van der Waals surface area contributed by atoms with Gasteiger partial charge < -0.3 is 10.1 Å². The summed E-state index contributed by atoms with van der Waals surface area (Å²) in [5.41, 5.74) is 0.323. The summed E-state index contributed by atoms with van der Waals surface area (Å²) < 4.78 is 19.8. The van der Waals surface area contributed by atoms with Crippen LogP contribution in [0.4, 0.5) is 4.39 Å². The normalized spacial score (nSPS) is 14.8. The SMILES string of the molecule is O=C(OC(C(=O)NC1CC1)c1ccccc1)c1cc(Br)ccc1F. The first-order valence-corrected chi connectivity index (χ1v) is 8.35. The number of rotatable bonds is 5. The van der Waals surface area contributed by atoms with E-state index in [9.17, 15) is 14.0 Å². The maximum absolute atomic E-state index is 13.9. The zero-order valence-electron chi connectivity index (χ0n) is 12.7. The van der Waals surface area contributed by atoms with Crippen LogP contribution in [0.2, 0.25) is 0 Å². The van der Waals surface area contributed by atoms with E-state index in [1.165, 1.54) is 18.2 Å². The van der Waals surface area contributed by atoms with Gasteiger partial charge in [-0.1, -0.05) is 46.3 Å². The molecule has 0 bridgehead atoms. The molecule has 24 heavy (non-hydrogen) atoms. The monoisotopic (exact) mass is 391 g/mol. The molecular weight excluding hydrogens is 377 g/mol. The number of carbonyl (C=O) groups is 2. The number of hydrogen-bond donors (Lipinski definition) is 1. The van der Waals surface area contributed by atoms with Crippen LogP contribution in [0, 0.1) is 5.82 Å². The Morgan fingerprint density at radius 3 is 2.54 bits per heavy atom. The predicted molar refractivity (Wildman–Crippen MR) is 89.9 cm³/mol. The summed E-state index contributed by atoms with van der Waals surface area (Å²) in [6.45, 7) is 0. The summed E-state index contributed by atoms with van der Waals surface area (Å²) in [6.07, 6.45) is 0.723. The molecule has 1 aliphatic carbocycles. The van der Waals surface area contributed by atoms with Gasteiger partial charge in [-0.2, -0.15) is 0 Å². The van der Waals surface area contributed by atoms with E-state index >= 15 is 0 Å². The number of esters is 1. The molecule has 0 spiro atoms. The smallest absolute Gasteiger partial charge is 0.342 e. The fourth-order valence-corrected chi connectivity index (χ4v) is 2.59. The molecule has 2 aromatic rings. The summed E-state index contributed by atoms with van der Waals surface area (Å²) in [4.78, 5) is 24.8. The Morgan fingerprint density at radius 1 is 1.17 bits per heavy atom. The van der Waals surface area contributed by atoms with Gasteiger partial charge in [0.15, 0.2) is 0 Å². The molecule has 1 amide bonds. The first kappa shape index (κ1) is 16.6. The van der Waals surface area contributed by atoms with Crippen LogP contribution in [-0.2, 0) is 9.53 Å². The number of ether oxygens (including phenoxy) is 1. The summed E-state index contributed by atoms with van der Waals surface area (Å²) in [7, 11) is 0. The molecular formula is C18H15BrFNO3. The lowest BCUT2D eigenvalue weighted by Gasteiger charge is -2.18. The Balaban J connectivity index is 1.84. The van der Waals surface area contributed by atoms with Crippen LogP contribution in [0.5, 0.6) is 0 Å². The Morgan fingerprint density at radius 2 is 1.88 bits per heavy atom. The van der Waals surface area contributed by atoms with Crippen molar-refractivity contribution in [1.29, 1.82) is 0 Å². The summed E-state index contributed by atoms with van der Waals surface area (Å²) in [6, 6.07) is 12.8. The number of carbonyl (C=O) groups excluding carboxylic acids is 2. The van der Waals surface area contributed by atoms with Crippen LogP contribution >= 0.6 is 15.9 Å². The van der Waals surface area contributed by atoms with E-state index in [1.807, 2.05) is 0 Å². The second-order valence-corrected chi connectivity index (χ2v) is 6.52. The molecule has 4 nitrogen and oxygen atoms in total. The minimum Gasteiger partial charge on any atom is -0.444 e. The second-order valence-electron chi connectivity index (χ2n) is 5.60. The van der Waals surface area contributed by atoms with E-state index in [2.05, 4.69) is 21.2 Å². The highest BCUT2D eigenvalue weighted by Gasteiger charge is 2.31. The number of nitrogens with one attached hydrogen (secondary N) is 1. The summed E-state index contributed by atoms with van der Waals surface area (Å²) in [5.74, 6) is -1.97. The molecule has 0 saturated heterocycles. The highest BCUT2D eigenvalue weighted by atomic mass is 79.9. The first-order chi connectivity index (χ1) is 11.5. The maximum Gasteiger partial charge on any atom is 0.342 e. The Bertz CT molecular complexity index is 762. The van der Waals surface area contributed by atoms with E-state index in [0.717, 1.165) is 12.8 Å². The standard InChI is InChI=1S/C18H15BrFNO3/c19-12-6-9-15(20)14(10-12)18(23)24-16(11-4-2-1-3-5-11)17(22)21-13-7-8-13/h1-6,9-10,13,16H,7-8H2,(H,21,22). The van der Waals surface area contributed by atoms with Crippen molar-refractivity contribution in [2.75, 3.05) is 0 Å². The molecule has 1 saturated carbocycles. The molecule has 1 fully saturated rings. The van der Waals surface area contributed by atoms with Gasteiger partial charge >= 0.3 is 5.97 Å². The minimum atomic E-state index is -1.11. The van der Waals surface area contributed by atoms with Crippen LogP contribution < -0.4 is 5.32 Å². The number of benzene rings is 2. The molecule has 0 aromatic heterocycles. The van der Waals surface area contributed by atoms with Crippen LogP contribution in [-0.4, -0.2) is 17.9 Å². The van der Waals surface area contributed by atoms with Crippen molar-refractivity contribution in [3.63, 3.8) is 0 Å². The molecule has 124 valence electrons. The Hall–Kier alpha value is -2.21. The van der Waals surface area contributed by atoms with Crippen molar-refractivity contribution in [1.82, 2.24) is 5.32 Å². The lowest BCUT2D eigenvalue weighted by Crippen LogP contribution is -2.33. The quantitative estimate of drug-likeness (QED) is 0.789. The Labute approximate surface area is 147 Å². The van der Waals surface area contributed by atoms with Gasteiger partial charge in [0.25, 0.3) is 5.91 Å². The Kier molecular flexibility index (Phi) is 4.94. The highest BCUT2D eigenvalue weighted by molar-refractivity contribution is 9.10. The molecule has 0 heterocycles. The molecule has 1 unspecified atom stereocenters. The van der Waals surface area contributed by atoms with E-state index in [-0.39, 0.29) is 11.6 Å². The highest BCUT2D eigenvalue weighted by Crippen LogP contribution is 2.25. The summed E-state index contributed by atoms with van der Waals surface area (Å²) in [5, 5.41) is 2.82. The van der Waals surface area contributed by atoms with E-state index < -0.39 is 23.8 Å². The lowest BCUT2D eigenvalue weighted by molar-refractivity contribution is -0.130. The third kappa shape index (κ3) is 4.00. The van der Waals surface area contributed by atoms with Crippen molar-refractivity contribution in [2.24, 2.45) is 0 Å². The number of amides is 1. The van der Waals surface area contributed by atoms with Gasteiger partial charge in [0.05, 0.1) is 5.56 Å². The fourth-order valence-electron chi connectivity index (χ4n) is 2.23. The molecule has 0 radical (unpaired) electrons. The molecule has 0 aliphatic heterocycles. The van der Waals surface area contributed by atoms with Gasteiger partial charge in [0.2, 0.25) is 6.10 Å². The first-order valence-electron chi connectivity index (χ1n) is 7.56. The van der Waals surface area contributed by atoms with E-state index in [1.54, 1.807) is 30.3 Å². The van der Waals surface area contributed by atoms with Gasteiger partial charge in [0.1, 0.15) is 5.82 Å². The maximum atomic E-state index is 13.9. The minimum absolute atomic E-state index is 0.130. The van der Waals surface area contributed by atoms with Gasteiger partial charge in [-0.05, 0) is 31.0 Å². The van der Waals surface area contributed by atoms with Crippen molar-refractivity contribution in [3.05, 3.63) is 69.9 Å². The van der Waals surface area contributed by atoms with Crippen molar-refractivity contribution in [2.45, 2.75) is 25.0 Å². The van der Waals surface area contributed by atoms with Crippen molar-refractivity contribution in [3.8, 4) is 0 Å². The van der Waals surface area contributed by atoms with Crippen molar-refractivity contribution < 1.29 is 18.7 Å². The molecule has 1 N–H and O–H groups in total. The fraction of sp³-hybridized carbons (Fsp3) is 0.222. The van der Waals surface area contributed by atoms with Gasteiger partial charge in [0, 0.05) is 16.1 Å². The molecule has 1 atom stereocenters. The molecule has 2 aromatic carbocycles. The van der Waals surface area contributed by atoms with Crippen LogP contribution in [0.25, 0.3) is 0 Å². The summed E-state index contributed by atoms with van der Waals surface area (Å²) >= 11 is 3.19. The largest absolute Gasteiger partial charge is 0.444 e. The van der Waals surface area contributed by atoms with Crippen molar-refractivity contribution >= 4 is 27.8 Å². The topological polar surface area (TPSA) is 55.4 Å².